The molecule has 3 N–H and O–H groups in total. The Morgan fingerprint density at radius 3 is 3.12 bits per heavy atom. The third-order valence-electron chi connectivity index (χ3n) is 3.01. The molecule has 5 nitrogen and oxygen atoms in total. The van der Waals surface area contributed by atoms with Crippen molar-refractivity contribution in [2.45, 2.75) is 13.3 Å². The zero-order chi connectivity index (χ0) is 12.3. The second-order valence-electron chi connectivity index (χ2n) is 4.25. The van der Waals surface area contributed by atoms with Crippen molar-refractivity contribution < 1.29 is 4.79 Å². The maximum Gasteiger partial charge on any atom is 0.222 e. The smallest absolute Gasteiger partial charge is 0.222 e. The van der Waals surface area contributed by atoms with Crippen LogP contribution in [-0.2, 0) is 4.79 Å². The number of carbonyl (C=O) groups is 1. The minimum atomic E-state index is -0.213. The summed E-state index contributed by atoms with van der Waals surface area (Å²) in [5.41, 5.74) is 5.32. The number of carbonyl (C=O) groups excluding carboxylic acids is 1. The highest BCUT2D eigenvalue weighted by molar-refractivity contribution is 5.78. The van der Waals surface area contributed by atoms with Crippen LogP contribution in [0.1, 0.15) is 13.3 Å². The Kier molecular flexibility index (Phi) is 3.46. The lowest BCUT2D eigenvalue weighted by Gasteiger charge is -2.17. The number of nitrogens with zero attached hydrogens (tertiary/aromatic N) is 2. The summed E-state index contributed by atoms with van der Waals surface area (Å²) in [5, 5.41) is 3.18. The largest absolute Gasteiger partial charge is 0.370 e. The van der Waals surface area contributed by atoms with Crippen LogP contribution in [0.4, 0.5) is 11.6 Å². The Hall–Kier alpha value is -1.78. The summed E-state index contributed by atoms with van der Waals surface area (Å²) in [4.78, 5) is 17.7. The molecule has 1 atom stereocenters. The summed E-state index contributed by atoms with van der Waals surface area (Å²) in [6, 6.07) is 5.87. The quantitative estimate of drug-likeness (QED) is 0.809. The predicted molar refractivity (Wildman–Crippen MR) is 67.9 cm³/mol. The van der Waals surface area contributed by atoms with E-state index in [1.165, 1.54) is 0 Å². The van der Waals surface area contributed by atoms with E-state index in [2.05, 4.69) is 15.2 Å². The minimum absolute atomic E-state index is 0.0420. The van der Waals surface area contributed by atoms with Crippen LogP contribution in [0.15, 0.2) is 18.2 Å². The number of nitrogens with one attached hydrogen (secondary N) is 1. The third kappa shape index (κ3) is 2.67. The number of hydrogen-bond donors (Lipinski definition) is 2. The molecule has 1 fully saturated rings. The van der Waals surface area contributed by atoms with Gasteiger partial charge in [0, 0.05) is 19.6 Å². The van der Waals surface area contributed by atoms with Gasteiger partial charge in [0.25, 0.3) is 0 Å². The van der Waals surface area contributed by atoms with Gasteiger partial charge in [-0.25, -0.2) is 4.98 Å². The van der Waals surface area contributed by atoms with E-state index in [0.717, 1.165) is 31.1 Å². The maximum atomic E-state index is 11.1. The molecule has 1 saturated heterocycles. The van der Waals surface area contributed by atoms with Gasteiger partial charge in [-0.05, 0) is 25.5 Å². The first kappa shape index (κ1) is 11.7. The molecule has 1 aromatic heterocycles. The average Bonchev–Trinajstić information content (AvgIpc) is 2.79. The van der Waals surface area contributed by atoms with Gasteiger partial charge in [-0.3, -0.25) is 4.79 Å². The second kappa shape index (κ2) is 5.03. The Morgan fingerprint density at radius 1 is 1.65 bits per heavy atom. The van der Waals surface area contributed by atoms with Gasteiger partial charge >= 0.3 is 0 Å². The first-order valence-electron chi connectivity index (χ1n) is 5.96. The van der Waals surface area contributed by atoms with E-state index in [-0.39, 0.29) is 11.8 Å². The molecule has 0 aromatic carbocycles. The maximum absolute atomic E-state index is 11.1. The van der Waals surface area contributed by atoms with E-state index in [0.29, 0.717) is 6.54 Å². The number of rotatable bonds is 4. The first-order chi connectivity index (χ1) is 8.20. The van der Waals surface area contributed by atoms with Crippen molar-refractivity contribution in [1.29, 1.82) is 0 Å². The van der Waals surface area contributed by atoms with Gasteiger partial charge in [-0.15, -0.1) is 0 Å². The highest BCUT2D eigenvalue weighted by Gasteiger charge is 2.27. The lowest BCUT2D eigenvalue weighted by atomic mass is 10.1. The van der Waals surface area contributed by atoms with Gasteiger partial charge in [0.05, 0.1) is 5.92 Å². The molecule has 0 bridgehead atoms. The van der Waals surface area contributed by atoms with E-state index < -0.39 is 0 Å². The number of anilines is 2. The fourth-order valence-electron chi connectivity index (χ4n) is 2.08. The predicted octanol–water partition coefficient (Wildman–Crippen LogP) is 0.825. The van der Waals surface area contributed by atoms with Crippen LogP contribution < -0.4 is 16.0 Å². The van der Waals surface area contributed by atoms with E-state index in [4.69, 9.17) is 5.73 Å². The molecule has 0 radical (unpaired) electrons. The lowest BCUT2D eigenvalue weighted by Crippen LogP contribution is -2.27. The van der Waals surface area contributed by atoms with E-state index in [1.54, 1.807) is 0 Å². The molecule has 0 spiro atoms. The van der Waals surface area contributed by atoms with E-state index in [1.807, 2.05) is 25.1 Å². The number of hydrogen-bond acceptors (Lipinski definition) is 4. The van der Waals surface area contributed by atoms with Gasteiger partial charge in [0.15, 0.2) is 0 Å². The molecular weight excluding hydrogens is 216 g/mol. The molecule has 92 valence electrons. The molecule has 0 saturated carbocycles. The molecule has 1 amide bonds. The van der Waals surface area contributed by atoms with Crippen LogP contribution in [-0.4, -0.2) is 30.5 Å². The Labute approximate surface area is 101 Å². The van der Waals surface area contributed by atoms with Crippen molar-refractivity contribution >= 4 is 17.5 Å². The molecular formula is C12H18N4O. The van der Waals surface area contributed by atoms with Crippen LogP contribution in [0.5, 0.6) is 0 Å². The Balaban J connectivity index is 2.08. The normalized spacial score (nSPS) is 19.4. The van der Waals surface area contributed by atoms with Crippen molar-refractivity contribution in [2.75, 3.05) is 29.9 Å². The van der Waals surface area contributed by atoms with Gasteiger partial charge < -0.3 is 16.0 Å². The van der Waals surface area contributed by atoms with Gasteiger partial charge in [0.2, 0.25) is 5.91 Å². The van der Waals surface area contributed by atoms with Gasteiger partial charge in [-0.1, -0.05) is 6.07 Å². The molecule has 5 heteroatoms. The average molecular weight is 234 g/mol. The summed E-state index contributed by atoms with van der Waals surface area (Å²) in [5.74, 6) is 1.52. The molecule has 1 aromatic rings. The monoisotopic (exact) mass is 234 g/mol. The highest BCUT2D eigenvalue weighted by Crippen LogP contribution is 2.22. The summed E-state index contributed by atoms with van der Waals surface area (Å²) in [6.07, 6.45) is 0.822. The lowest BCUT2D eigenvalue weighted by molar-refractivity contribution is -0.121. The van der Waals surface area contributed by atoms with Crippen LogP contribution in [0.2, 0.25) is 0 Å². The van der Waals surface area contributed by atoms with Crippen molar-refractivity contribution in [2.24, 2.45) is 11.7 Å². The SMILES string of the molecule is CCNc1cccc(N2CCC(C(N)=O)C2)n1. The molecule has 1 aliphatic rings. The molecule has 17 heavy (non-hydrogen) atoms. The fraction of sp³-hybridized carbons (Fsp3) is 0.500. The Morgan fingerprint density at radius 2 is 2.47 bits per heavy atom. The zero-order valence-electron chi connectivity index (χ0n) is 10.0. The Bertz CT molecular complexity index is 407. The molecule has 1 unspecified atom stereocenters. The second-order valence-corrected chi connectivity index (χ2v) is 4.25. The van der Waals surface area contributed by atoms with Crippen molar-refractivity contribution in [1.82, 2.24) is 4.98 Å². The van der Waals surface area contributed by atoms with Crippen LogP contribution >= 0.6 is 0 Å². The van der Waals surface area contributed by atoms with Crippen LogP contribution in [0, 0.1) is 5.92 Å². The van der Waals surface area contributed by atoms with Crippen LogP contribution in [0.3, 0.4) is 0 Å². The van der Waals surface area contributed by atoms with E-state index >= 15 is 0 Å². The van der Waals surface area contributed by atoms with Crippen molar-refractivity contribution in [3.8, 4) is 0 Å². The number of aromatic nitrogens is 1. The molecule has 2 rings (SSSR count). The number of amides is 1. The van der Waals surface area contributed by atoms with Crippen molar-refractivity contribution in [3.63, 3.8) is 0 Å². The van der Waals surface area contributed by atoms with Crippen molar-refractivity contribution in [3.05, 3.63) is 18.2 Å². The number of nitrogens with two attached hydrogens (primary N) is 1. The zero-order valence-corrected chi connectivity index (χ0v) is 10.0. The summed E-state index contributed by atoms with van der Waals surface area (Å²) in [7, 11) is 0. The van der Waals surface area contributed by atoms with Gasteiger partial charge in [-0.2, -0.15) is 0 Å². The molecule has 1 aliphatic heterocycles. The van der Waals surface area contributed by atoms with E-state index in [9.17, 15) is 4.79 Å². The fourth-order valence-corrected chi connectivity index (χ4v) is 2.08. The first-order valence-corrected chi connectivity index (χ1v) is 5.96. The third-order valence-corrected chi connectivity index (χ3v) is 3.01. The highest BCUT2D eigenvalue weighted by atomic mass is 16.1. The number of primary amides is 1. The molecule has 0 aliphatic carbocycles. The molecule has 2 heterocycles. The summed E-state index contributed by atoms with van der Waals surface area (Å²) in [6.45, 7) is 4.40. The van der Waals surface area contributed by atoms with Crippen LogP contribution in [0.25, 0.3) is 0 Å². The summed E-state index contributed by atoms with van der Waals surface area (Å²) >= 11 is 0. The summed E-state index contributed by atoms with van der Waals surface area (Å²) < 4.78 is 0. The topological polar surface area (TPSA) is 71.2 Å². The number of pyridine rings is 1. The minimum Gasteiger partial charge on any atom is -0.370 e. The van der Waals surface area contributed by atoms with Gasteiger partial charge in [0.1, 0.15) is 11.6 Å². The standard InChI is InChI=1S/C12H18N4O/c1-2-14-10-4-3-5-11(15-10)16-7-6-9(8-16)12(13)17/h3-5,9H,2,6-8H2,1H3,(H2,13,17)(H,14,15).